The number of hydrogen-bond acceptors (Lipinski definition) is 4. The first-order valence-electron chi connectivity index (χ1n) is 10.7. The van der Waals surface area contributed by atoms with Crippen molar-refractivity contribution in [1.82, 2.24) is 19.1 Å². The lowest BCUT2D eigenvalue weighted by atomic mass is 9.72. The number of rotatable bonds is 3. The molecular formula is C23H28BrN5OS. The second-order valence-corrected chi connectivity index (χ2v) is 12.6. The highest BCUT2D eigenvalue weighted by molar-refractivity contribution is 9.10. The van der Waals surface area contributed by atoms with Crippen LogP contribution in [0.4, 0.5) is 5.95 Å². The summed E-state index contributed by atoms with van der Waals surface area (Å²) in [5.74, 6) is 0.884. The molecule has 2 atom stereocenters. The number of nitrogens with one attached hydrogen (secondary N) is 1. The summed E-state index contributed by atoms with van der Waals surface area (Å²) in [5.41, 5.74) is 3.80. The van der Waals surface area contributed by atoms with E-state index < -0.39 is 11.0 Å². The van der Waals surface area contributed by atoms with Crippen LogP contribution in [0.1, 0.15) is 38.3 Å². The quantitative estimate of drug-likeness (QED) is 0.590. The van der Waals surface area contributed by atoms with E-state index in [4.69, 9.17) is 4.98 Å². The lowest BCUT2D eigenvalue weighted by Gasteiger charge is -2.47. The molecule has 0 amide bonds. The minimum atomic E-state index is -1.14. The standard InChI is InChI=1S/C23H28BrN5OS/c1-22(2,3)31(30)27-19-15-28(21-26-14-18(24)20-25-9-11-29(20)21)10-8-23(19)12-16-6-4-5-7-17(16)13-23/h4-7,9,11,14,19,27H,8,10,12-13,15H2,1-3H3. The molecule has 5 rings (SSSR count). The zero-order chi connectivity index (χ0) is 21.8. The van der Waals surface area contributed by atoms with E-state index in [1.54, 1.807) is 6.20 Å². The summed E-state index contributed by atoms with van der Waals surface area (Å²) in [5, 5.41) is 0. The van der Waals surface area contributed by atoms with Crippen molar-refractivity contribution >= 4 is 38.5 Å². The van der Waals surface area contributed by atoms with E-state index in [1.807, 2.05) is 37.6 Å². The molecular weight excluding hydrogens is 474 g/mol. The molecule has 1 aliphatic heterocycles. The number of nitrogens with zero attached hydrogens (tertiary/aromatic N) is 4. The van der Waals surface area contributed by atoms with Crippen LogP contribution in [0, 0.1) is 5.41 Å². The van der Waals surface area contributed by atoms with E-state index >= 15 is 0 Å². The third kappa shape index (κ3) is 3.72. The van der Waals surface area contributed by atoms with Crippen LogP contribution in [-0.4, -0.2) is 42.5 Å². The van der Waals surface area contributed by atoms with Gasteiger partial charge >= 0.3 is 0 Å². The Morgan fingerprint density at radius 1 is 1.19 bits per heavy atom. The highest BCUT2D eigenvalue weighted by Gasteiger charge is 2.48. The highest BCUT2D eigenvalue weighted by Crippen LogP contribution is 2.45. The zero-order valence-electron chi connectivity index (χ0n) is 18.1. The molecule has 1 spiro atoms. The minimum Gasteiger partial charge on any atom is -0.340 e. The zero-order valence-corrected chi connectivity index (χ0v) is 20.5. The summed E-state index contributed by atoms with van der Waals surface area (Å²) >= 11 is 3.55. The van der Waals surface area contributed by atoms with Gasteiger partial charge < -0.3 is 4.90 Å². The van der Waals surface area contributed by atoms with Crippen molar-refractivity contribution in [2.75, 3.05) is 18.0 Å². The highest BCUT2D eigenvalue weighted by atomic mass is 79.9. The topological polar surface area (TPSA) is 62.5 Å². The van der Waals surface area contributed by atoms with Crippen molar-refractivity contribution in [2.24, 2.45) is 5.41 Å². The molecule has 6 nitrogen and oxygen atoms in total. The SMILES string of the molecule is CC(C)(C)S(=O)NC1CN(c2ncc(Br)c3nccn23)CCC12Cc1ccccc1C2. The van der Waals surface area contributed by atoms with Crippen molar-refractivity contribution in [3.8, 4) is 0 Å². The molecule has 0 radical (unpaired) electrons. The molecule has 2 unspecified atom stereocenters. The lowest BCUT2D eigenvalue weighted by Crippen LogP contribution is -2.60. The molecule has 2 aliphatic rings. The van der Waals surface area contributed by atoms with Gasteiger partial charge in [-0.3, -0.25) is 4.40 Å². The second kappa shape index (κ2) is 7.67. The second-order valence-electron chi connectivity index (χ2n) is 9.76. The molecule has 164 valence electrons. The molecule has 0 bridgehead atoms. The Morgan fingerprint density at radius 3 is 2.58 bits per heavy atom. The van der Waals surface area contributed by atoms with E-state index in [-0.39, 0.29) is 16.2 Å². The third-order valence-electron chi connectivity index (χ3n) is 6.68. The summed E-state index contributed by atoms with van der Waals surface area (Å²) in [6.45, 7) is 7.75. The average Bonchev–Trinajstić information content (AvgIpc) is 3.35. The summed E-state index contributed by atoms with van der Waals surface area (Å²) in [7, 11) is -1.14. The van der Waals surface area contributed by atoms with Gasteiger partial charge in [-0.1, -0.05) is 24.3 Å². The van der Waals surface area contributed by atoms with Crippen molar-refractivity contribution in [1.29, 1.82) is 0 Å². The van der Waals surface area contributed by atoms with Crippen LogP contribution in [0.5, 0.6) is 0 Å². The predicted molar refractivity (Wildman–Crippen MR) is 129 cm³/mol. The van der Waals surface area contributed by atoms with Crippen molar-refractivity contribution in [2.45, 2.75) is 50.8 Å². The Bertz CT molecular complexity index is 1130. The normalized spacial score (nSPS) is 21.5. The van der Waals surface area contributed by atoms with Crippen LogP contribution in [0.3, 0.4) is 0 Å². The van der Waals surface area contributed by atoms with Crippen LogP contribution in [0.25, 0.3) is 5.65 Å². The van der Waals surface area contributed by atoms with Gasteiger partial charge in [-0.2, -0.15) is 0 Å². The molecule has 1 N–H and O–H groups in total. The first-order chi connectivity index (χ1) is 14.8. The number of piperidine rings is 1. The van der Waals surface area contributed by atoms with Crippen molar-refractivity contribution < 1.29 is 4.21 Å². The predicted octanol–water partition coefficient (Wildman–Crippen LogP) is 3.91. The maximum Gasteiger partial charge on any atom is 0.211 e. The van der Waals surface area contributed by atoms with Crippen LogP contribution < -0.4 is 9.62 Å². The van der Waals surface area contributed by atoms with E-state index in [2.05, 4.69) is 54.8 Å². The first kappa shape index (κ1) is 21.1. The average molecular weight is 502 g/mol. The largest absolute Gasteiger partial charge is 0.340 e. The number of hydrogen-bond donors (Lipinski definition) is 1. The van der Waals surface area contributed by atoms with Gasteiger partial charge in [0.25, 0.3) is 0 Å². The van der Waals surface area contributed by atoms with Gasteiger partial charge in [0.1, 0.15) is 0 Å². The third-order valence-corrected chi connectivity index (χ3v) is 8.85. The number of anilines is 1. The first-order valence-corrected chi connectivity index (χ1v) is 12.7. The molecule has 0 saturated carbocycles. The minimum absolute atomic E-state index is 0.0739. The van der Waals surface area contributed by atoms with Gasteiger partial charge in [0.15, 0.2) is 5.65 Å². The molecule has 8 heteroatoms. The van der Waals surface area contributed by atoms with Crippen molar-refractivity contribution in [3.63, 3.8) is 0 Å². The Kier molecular flexibility index (Phi) is 5.22. The molecule has 1 aliphatic carbocycles. The van der Waals surface area contributed by atoms with Gasteiger partial charge in [-0.05, 0) is 72.5 Å². The Labute approximate surface area is 194 Å². The van der Waals surface area contributed by atoms with E-state index in [0.717, 1.165) is 48.4 Å². The number of fused-ring (bicyclic) bond motifs is 2. The summed E-state index contributed by atoms with van der Waals surface area (Å²) in [4.78, 5) is 11.5. The summed E-state index contributed by atoms with van der Waals surface area (Å²) in [6.07, 6.45) is 8.66. The van der Waals surface area contributed by atoms with Crippen molar-refractivity contribution in [3.05, 3.63) is 58.5 Å². The Morgan fingerprint density at radius 2 is 1.90 bits per heavy atom. The summed E-state index contributed by atoms with van der Waals surface area (Å²) in [6, 6.07) is 8.85. The van der Waals surface area contributed by atoms with Gasteiger partial charge in [0, 0.05) is 37.7 Å². The van der Waals surface area contributed by atoms with Crippen LogP contribution in [-0.2, 0) is 23.8 Å². The molecule has 1 fully saturated rings. The smallest absolute Gasteiger partial charge is 0.211 e. The fraction of sp³-hybridized carbons (Fsp3) is 0.478. The fourth-order valence-corrected chi connectivity index (χ4v) is 6.28. The van der Waals surface area contributed by atoms with E-state index in [9.17, 15) is 4.21 Å². The van der Waals surface area contributed by atoms with E-state index in [0.29, 0.717) is 0 Å². The maximum atomic E-state index is 13.1. The van der Waals surface area contributed by atoms with Crippen LogP contribution in [0.15, 0.2) is 47.3 Å². The molecule has 3 aromatic rings. The molecule has 1 aromatic carbocycles. The lowest BCUT2D eigenvalue weighted by molar-refractivity contribution is 0.181. The monoisotopic (exact) mass is 501 g/mol. The van der Waals surface area contributed by atoms with Gasteiger partial charge in [0.05, 0.1) is 20.2 Å². The van der Waals surface area contributed by atoms with E-state index in [1.165, 1.54) is 11.1 Å². The summed E-state index contributed by atoms with van der Waals surface area (Å²) < 4.78 is 19.3. The Balaban J connectivity index is 1.49. The molecule has 2 aromatic heterocycles. The molecule has 1 saturated heterocycles. The number of imidazole rings is 1. The molecule has 3 heterocycles. The van der Waals surface area contributed by atoms with Gasteiger partial charge in [-0.15, -0.1) is 0 Å². The van der Waals surface area contributed by atoms with Gasteiger partial charge in [-0.25, -0.2) is 18.9 Å². The fourth-order valence-electron chi connectivity index (χ4n) is 4.94. The van der Waals surface area contributed by atoms with Crippen LogP contribution >= 0.6 is 15.9 Å². The van der Waals surface area contributed by atoms with Gasteiger partial charge in [0.2, 0.25) is 5.95 Å². The number of halogens is 1. The molecule has 31 heavy (non-hydrogen) atoms. The Hall–Kier alpha value is -1.77. The number of aromatic nitrogens is 3. The maximum absolute atomic E-state index is 13.1. The van der Waals surface area contributed by atoms with Crippen LogP contribution in [0.2, 0.25) is 0 Å². The number of benzene rings is 1.